The number of likely N-dealkylation sites (tertiary alicyclic amines) is 1. The van der Waals surface area contributed by atoms with Crippen molar-refractivity contribution in [3.8, 4) is 0 Å². The van der Waals surface area contributed by atoms with Crippen molar-refractivity contribution in [2.45, 2.75) is 24.2 Å². The lowest BCUT2D eigenvalue weighted by Crippen LogP contribution is -2.24. The van der Waals surface area contributed by atoms with E-state index in [9.17, 15) is 12.8 Å². The molecular weight excluding hydrogens is 450 g/mol. The summed E-state index contributed by atoms with van der Waals surface area (Å²) in [5, 5.41) is 5.47. The van der Waals surface area contributed by atoms with Crippen molar-refractivity contribution in [2.24, 2.45) is 5.92 Å². The number of rotatable bonds is 7. The predicted molar refractivity (Wildman–Crippen MR) is 115 cm³/mol. The standard InChI is InChI=1S/C21H21Cl2FN2O3S/c22-18-6-4-16(11-19(18)23)30(27,28)13-14-7-9-26(12-14)8-1-2-20-17-5-3-15(24)10-21(17)29-25-20/h3-6,10-11,14H,1-2,7-9,12-13H2. The third-order valence-electron chi connectivity index (χ3n) is 5.47. The molecule has 0 amide bonds. The van der Waals surface area contributed by atoms with E-state index in [-0.39, 0.29) is 27.4 Å². The Morgan fingerprint density at radius 2 is 2.00 bits per heavy atom. The van der Waals surface area contributed by atoms with Crippen molar-refractivity contribution >= 4 is 44.0 Å². The summed E-state index contributed by atoms with van der Waals surface area (Å²) in [6.45, 7) is 2.45. The van der Waals surface area contributed by atoms with E-state index in [1.807, 2.05) is 0 Å². The first-order chi connectivity index (χ1) is 14.3. The fourth-order valence-electron chi connectivity index (χ4n) is 3.94. The second-order valence-corrected chi connectivity index (χ2v) is 10.5. The molecule has 3 aromatic rings. The fourth-order valence-corrected chi connectivity index (χ4v) is 5.96. The molecule has 0 N–H and O–H groups in total. The van der Waals surface area contributed by atoms with Crippen molar-refractivity contribution in [3.63, 3.8) is 0 Å². The van der Waals surface area contributed by atoms with Crippen LogP contribution in [-0.4, -0.2) is 43.9 Å². The molecule has 0 bridgehead atoms. The highest BCUT2D eigenvalue weighted by Gasteiger charge is 2.28. The van der Waals surface area contributed by atoms with Crippen molar-refractivity contribution in [3.05, 3.63) is 58.0 Å². The van der Waals surface area contributed by atoms with E-state index in [2.05, 4.69) is 10.1 Å². The van der Waals surface area contributed by atoms with Crippen LogP contribution in [0.15, 0.2) is 45.8 Å². The van der Waals surface area contributed by atoms with Gasteiger partial charge in [0, 0.05) is 18.0 Å². The van der Waals surface area contributed by atoms with E-state index < -0.39 is 9.84 Å². The van der Waals surface area contributed by atoms with Gasteiger partial charge in [-0.3, -0.25) is 0 Å². The van der Waals surface area contributed by atoms with Gasteiger partial charge in [-0.25, -0.2) is 12.8 Å². The molecule has 2 aromatic carbocycles. The predicted octanol–water partition coefficient (Wildman–Crippen LogP) is 5.00. The molecule has 1 atom stereocenters. The van der Waals surface area contributed by atoms with Crippen LogP contribution in [0.25, 0.3) is 11.0 Å². The average molecular weight is 471 g/mol. The molecule has 1 fully saturated rings. The number of hydrogen-bond donors (Lipinski definition) is 0. The molecule has 1 unspecified atom stereocenters. The van der Waals surface area contributed by atoms with Gasteiger partial charge in [0.2, 0.25) is 0 Å². The third-order valence-corrected chi connectivity index (χ3v) is 8.09. The lowest BCUT2D eigenvalue weighted by molar-refractivity contribution is 0.322. The van der Waals surface area contributed by atoms with Crippen LogP contribution in [-0.2, 0) is 16.3 Å². The first kappa shape index (κ1) is 21.6. The Morgan fingerprint density at radius 3 is 2.80 bits per heavy atom. The molecule has 0 saturated carbocycles. The zero-order valence-electron chi connectivity index (χ0n) is 16.2. The monoisotopic (exact) mass is 470 g/mol. The van der Waals surface area contributed by atoms with Gasteiger partial charge < -0.3 is 9.42 Å². The van der Waals surface area contributed by atoms with E-state index >= 15 is 0 Å². The summed E-state index contributed by atoms with van der Waals surface area (Å²) >= 11 is 11.9. The van der Waals surface area contributed by atoms with Crippen molar-refractivity contribution in [1.82, 2.24) is 10.1 Å². The van der Waals surface area contributed by atoms with E-state index in [0.29, 0.717) is 10.6 Å². The Bertz CT molecular complexity index is 1170. The van der Waals surface area contributed by atoms with E-state index in [1.54, 1.807) is 6.07 Å². The zero-order chi connectivity index (χ0) is 21.3. The number of benzene rings is 2. The Balaban J connectivity index is 1.29. The van der Waals surface area contributed by atoms with Gasteiger partial charge in [-0.1, -0.05) is 28.4 Å². The van der Waals surface area contributed by atoms with Gasteiger partial charge in [0.1, 0.15) is 5.82 Å². The second-order valence-electron chi connectivity index (χ2n) is 7.69. The zero-order valence-corrected chi connectivity index (χ0v) is 18.5. The Kier molecular flexibility index (Phi) is 6.34. The molecule has 0 radical (unpaired) electrons. The summed E-state index contributed by atoms with van der Waals surface area (Å²) in [5.41, 5.74) is 1.28. The minimum absolute atomic E-state index is 0.0836. The number of fused-ring (bicyclic) bond motifs is 1. The molecule has 0 spiro atoms. The summed E-state index contributed by atoms with van der Waals surface area (Å²) in [6, 6.07) is 8.87. The van der Waals surface area contributed by atoms with Crippen LogP contribution in [0, 0.1) is 11.7 Å². The maximum absolute atomic E-state index is 13.3. The molecule has 160 valence electrons. The van der Waals surface area contributed by atoms with Gasteiger partial charge in [-0.2, -0.15) is 0 Å². The molecule has 5 nitrogen and oxygen atoms in total. The lowest BCUT2D eigenvalue weighted by atomic mass is 10.1. The number of aryl methyl sites for hydroxylation is 1. The summed E-state index contributed by atoms with van der Waals surface area (Å²) in [5.74, 6) is -0.162. The van der Waals surface area contributed by atoms with Crippen LogP contribution in [0.4, 0.5) is 4.39 Å². The molecule has 30 heavy (non-hydrogen) atoms. The summed E-state index contributed by atoms with van der Waals surface area (Å²) in [6.07, 6.45) is 2.43. The SMILES string of the molecule is O=S(=O)(CC1CCN(CCCc2noc3cc(F)ccc23)C1)c1ccc(Cl)c(Cl)c1. The number of aromatic nitrogens is 1. The summed E-state index contributed by atoms with van der Waals surface area (Å²) < 4.78 is 43.9. The highest BCUT2D eigenvalue weighted by molar-refractivity contribution is 7.91. The minimum atomic E-state index is -3.41. The number of sulfone groups is 1. The third kappa shape index (κ3) is 4.80. The highest BCUT2D eigenvalue weighted by Crippen LogP contribution is 2.28. The Morgan fingerprint density at radius 1 is 1.17 bits per heavy atom. The van der Waals surface area contributed by atoms with Crippen molar-refractivity contribution < 1.29 is 17.3 Å². The molecule has 4 rings (SSSR count). The molecule has 1 saturated heterocycles. The number of nitrogens with zero attached hydrogens (tertiary/aromatic N) is 2. The van der Waals surface area contributed by atoms with Gasteiger partial charge in [-0.05, 0) is 68.6 Å². The average Bonchev–Trinajstić information content (AvgIpc) is 3.30. The van der Waals surface area contributed by atoms with Crippen molar-refractivity contribution in [1.29, 1.82) is 0 Å². The van der Waals surface area contributed by atoms with Crippen LogP contribution >= 0.6 is 23.2 Å². The Labute approximate surface area is 184 Å². The fraction of sp³-hybridized carbons (Fsp3) is 0.381. The smallest absolute Gasteiger partial charge is 0.178 e. The van der Waals surface area contributed by atoms with Gasteiger partial charge in [0.25, 0.3) is 0 Å². The molecule has 0 aliphatic carbocycles. The molecule has 1 aliphatic rings. The van der Waals surface area contributed by atoms with Gasteiger partial charge in [-0.15, -0.1) is 0 Å². The van der Waals surface area contributed by atoms with Crippen LogP contribution in [0.1, 0.15) is 18.5 Å². The van der Waals surface area contributed by atoms with Gasteiger partial charge >= 0.3 is 0 Å². The number of halogens is 3. The largest absolute Gasteiger partial charge is 0.356 e. The van der Waals surface area contributed by atoms with Gasteiger partial charge in [0.05, 0.1) is 26.4 Å². The van der Waals surface area contributed by atoms with E-state index in [4.69, 9.17) is 27.7 Å². The van der Waals surface area contributed by atoms with Crippen molar-refractivity contribution in [2.75, 3.05) is 25.4 Å². The quantitative estimate of drug-likeness (QED) is 0.485. The molecular formula is C21H21Cl2FN2O3S. The molecule has 9 heteroatoms. The maximum atomic E-state index is 13.3. The maximum Gasteiger partial charge on any atom is 0.178 e. The minimum Gasteiger partial charge on any atom is -0.356 e. The second kappa shape index (κ2) is 8.83. The van der Waals surface area contributed by atoms with Crippen LogP contribution in [0.5, 0.6) is 0 Å². The van der Waals surface area contributed by atoms with Crippen LogP contribution in [0.3, 0.4) is 0 Å². The van der Waals surface area contributed by atoms with Crippen LogP contribution in [0.2, 0.25) is 10.0 Å². The first-order valence-corrected chi connectivity index (χ1v) is 12.2. The molecule has 1 aromatic heterocycles. The van der Waals surface area contributed by atoms with E-state index in [1.165, 1.54) is 30.3 Å². The summed E-state index contributed by atoms with van der Waals surface area (Å²) in [7, 11) is -3.41. The Hall–Kier alpha value is -1.67. The lowest BCUT2D eigenvalue weighted by Gasteiger charge is -2.16. The molecule has 2 heterocycles. The van der Waals surface area contributed by atoms with Gasteiger partial charge in [0.15, 0.2) is 15.4 Å². The summed E-state index contributed by atoms with van der Waals surface area (Å²) in [4.78, 5) is 2.49. The van der Waals surface area contributed by atoms with E-state index in [0.717, 1.165) is 50.0 Å². The topological polar surface area (TPSA) is 63.4 Å². The first-order valence-electron chi connectivity index (χ1n) is 9.76. The molecule has 1 aliphatic heterocycles. The number of hydrogen-bond acceptors (Lipinski definition) is 5. The highest BCUT2D eigenvalue weighted by atomic mass is 35.5. The normalized spacial score (nSPS) is 17.8. The van der Waals surface area contributed by atoms with Crippen LogP contribution < -0.4 is 0 Å².